The van der Waals surface area contributed by atoms with Gasteiger partial charge in [0.25, 0.3) is 0 Å². The summed E-state index contributed by atoms with van der Waals surface area (Å²) in [7, 11) is 0. The lowest BCUT2D eigenvalue weighted by atomic mass is 10.2. The van der Waals surface area contributed by atoms with Gasteiger partial charge in [0.1, 0.15) is 6.07 Å². The van der Waals surface area contributed by atoms with E-state index in [2.05, 4.69) is 16.5 Å². The lowest BCUT2D eigenvalue weighted by molar-refractivity contribution is 0.384. The number of nitriles is 1. The zero-order chi connectivity index (χ0) is 12.3. The number of hydrogen-bond acceptors (Lipinski definition) is 4. The third kappa shape index (κ3) is 2.77. The molecule has 17 heavy (non-hydrogen) atoms. The molecule has 2 aromatic rings. The maximum atomic E-state index is 8.96. The molecule has 4 nitrogen and oxygen atoms in total. The van der Waals surface area contributed by atoms with Crippen molar-refractivity contribution in [2.24, 2.45) is 0 Å². The Morgan fingerprint density at radius 2 is 2.29 bits per heavy atom. The Kier molecular flexibility index (Phi) is 3.31. The van der Waals surface area contributed by atoms with Crippen LogP contribution in [0.3, 0.4) is 0 Å². The van der Waals surface area contributed by atoms with Gasteiger partial charge >= 0.3 is 0 Å². The summed E-state index contributed by atoms with van der Waals surface area (Å²) in [5.41, 5.74) is 2.07. The molecule has 1 N–H and O–H groups in total. The van der Waals surface area contributed by atoms with Crippen LogP contribution < -0.4 is 5.32 Å². The number of rotatable bonds is 3. The van der Waals surface area contributed by atoms with Gasteiger partial charge in [0, 0.05) is 11.1 Å². The maximum Gasteiger partial charge on any atom is 0.156 e. The maximum absolute atomic E-state index is 8.96. The number of anilines is 1. The number of aromatic nitrogens is 1. The minimum absolute atomic E-state index is 0.483. The zero-order valence-electron chi connectivity index (χ0n) is 9.20. The summed E-state index contributed by atoms with van der Waals surface area (Å²) in [6, 6.07) is 9.05. The highest BCUT2D eigenvalue weighted by Crippen LogP contribution is 2.20. The Morgan fingerprint density at radius 3 is 2.94 bits per heavy atom. The molecule has 0 saturated heterocycles. The van der Waals surface area contributed by atoms with Crippen LogP contribution in [0.4, 0.5) is 5.69 Å². The Balaban J connectivity index is 2.12. The average molecular weight is 248 g/mol. The van der Waals surface area contributed by atoms with Crippen LogP contribution in [-0.2, 0) is 6.54 Å². The van der Waals surface area contributed by atoms with Crippen molar-refractivity contribution in [2.75, 3.05) is 5.32 Å². The number of benzene rings is 1. The van der Waals surface area contributed by atoms with Gasteiger partial charge in [-0.2, -0.15) is 5.26 Å². The van der Waals surface area contributed by atoms with Crippen LogP contribution in [0, 0.1) is 18.3 Å². The summed E-state index contributed by atoms with van der Waals surface area (Å²) in [4.78, 5) is 0. The Morgan fingerprint density at radius 1 is 1.47 bits per heavy atom. The Hall–Kier alpha value is -1.99. The SMILES string of the molecule is Cc1cc(CNc2ccc(Cl)cc2C#N)on1. The van der Waals surface area contributed by atoms with Crippen LogP contribution in [0.5, 0.6) is 0 Å². The summed E-state index contributed by atoms with van der Waals surface area (Å²) in [5, 5.41) is 16.4. The third-order valence-electron chi connectivity index (χ3n) is 2.23. The molecule has 1 aromatic carbocycles. The van der Waals surface area contributed by atoms with E-state index in [9.17, 15) is 0 Å². The molecule has 0 amide bonds. The van der Waals surface area contributed by atoms with E-state index in [4.69, 9.17) is 21.4 Å². The second-order valence-electron chi connectivity index (χ2n) is 3.59. The van der Waals surface area contributed by atoms with E-state index in [1.165, 1.54) is 0 Å². The summed E-state index contributed by atoms with van der Waals surface area (Å²) in [6.07, 6.45) is 0. The molecule has 0 radical (unpaired) electrons. The minimum Gasteiger partial charge on any atom is -0.377 e. The van der Waals surface area contributed by atoms with Crippen molar-refractivity contribution in [3.05, 3.63) is 46.3 Å². The molecule has 0 fully saturated rings. The van der Waals surface area contributed by atoms with Crippen LogP contribution in [-0.4, -0.2) is 5.16 Å². The number of halogens is 1. The van der Waals surface area contributed by atoms with Gasteiger partial charge in [-0.3, -0.25) is 0 Å². The van der Waals surface area contributed by atoms with Crippen molar-refractivity contribution in [1.29, 1.82) is 5.26 Å². The van der Waals surface area contributed by atoms with Crippen molar-refractivity contribution < 1.29 is 4.52 Å². The summed E-state index contributed by atoms with van der Waals surface area (Å²) in [5.74, 6) is 0.723. The number of hydrogen-bond donors (Lipinski definition) is 1. The smallest absolute Gasteiger partial charge is 0.156 e. The molecule has 1 heterocycles. The second kappa shape index (κ2) is 4.89. The first-order valence-electron chi connectivity index (χ1n) is 5.05. The number of nitrogens with one attached hydrogen (secondary N) is 1. The van der Waals surface area contributed by atoms with Crippen molar-refractivity contribution in [1.82, 2.24) is 5.16 Å². The molecular weight excluding hydrogens is 238 g/mol. The van der Waals surface area contributed by atoms with E-state index in [0.29, 0.717) is 17.1 Å². The highest BCUT2D eigenvalue weighted by molar-refractivity contribution is 6.30. The van der Waals surface area contributed by atoms with Gasteiger partial charge in [-0.15, -0.1) is 0 Å². The molecule has 0 aliphatic carbocycles. The van der Waals surface area contributed by atoms with Gasteiger partial charge in [-0.25, -0.2) is 0 Å². The lowest BCUT2D eigenvalue weighted by Gasteiger charge is -2.06. The van der Waals surface area contributed by atoms with E-state index >= 15 is 0 Å². The molecule has 0 aliphatic heterocycles. The van der Waals surface area contributed by atoms with Crippen molar-refractivity contribution >= 4 is 17.3 Å². The summed E-state index contributed by atoms with van der Waals surface area (Å²) in [6.45, 7) is 2.34. The molecule has 0 unspecified atom stereocenters. The van der Waals surface area contributed by atoms with E-state index in [1.807, 2.05) is 13.0 Å². The molecule has 0 aliphatic rings. The predicted molar refractivity (Wildman–Crippen MR) is 64.7 cm³/mol. The first-order valence-corrected chi connectivity index (χ1v) is 5.42. The summed E-state index contributed by atoms with van der Waals surface area (Å²) < 4.78 is 5.06. The molecular formula is C12H10ClN3O. The first-order chi connectivity index (χ1) is 8.19. The largest absolute Gasteiger partial charge is 0.377 e. The average Bonchev–Trinajstić information content (AvgIpc) is 2.73. The Bertz CT molecular complexity index is 571. The van der Waals surface area contributed by atoms with Crippen LogP contribution in [0.1, 0.15) is 17.0 Å². The quantitative estimate of drug-likeness (QED) is 0.905. The fraction of sp³-hybridized carbons (Fsp3) is 0.167. The number of aryl methyl sites for hydroxylation is 1. The highest BCUT2D eigenvalue weighted by Gasteiger charge is 2.04. The fourth-order valence-electron chi connectivity index (χ4n) is 1.45. The second-order valence-corrected chi connectivity index (χ2v) is 4.03. The van der Waals surface area contributed by atoms with Crippen LogP contribution in [0.2, 0.25) is 5.02 Å². The standard InChI is InChI=1S/C12H10ClN3O/c1-8-4-11(17-16-8)7-15-12-3-2-10(13)5-9(12)6-14/h2-5,15H,7H2,1H3. The zero-order valence-corrected chi connectivity index (χ0v) is 9.95. The molecule has 0 atom stereocenters. The van der Waals surface area contributed by atoms with Gasteiger partial charge in [0.05, 0.1) is 23.5 Å². The monoisotopic (exact) mass is 247 g/mol. The Labute approximate surface area is 104 Å². The van der Waals surface area contributed by atoms with Crippen LogP contribution in [0.25, 0.3) is 0 Å². The molecule has 0 saturated carbocycles. The van der Waals surface area contributed by atoms with Crippen LogP contribution in [0.15, 0.2) is 28.8 Å². The minimum atomic E-state index is 0.483. The summed E-state index contributed by atoms with van der Waals surface area (Å²) >= 11 is 5.81. The molecule has 86 valence electrons. The third-order valence-corrected chi connectivity index (χ3v) is 2.47. The van der Waals surface area contributed by atoms with E-state index in [0.717, 1.165) is 17.1 Å². The van der Waals surface area contributed by atoms with Crippen molar-refractivity contribution in [3.63, 3.8) is 0 Å². The molecule has 2 rings (SSSR count). The van der Waals surface area contributed by atoms with Crippen molar-refractivity contribution in [2.45, 2.75) is 13.5 Å². The normalized spacial score (nSPS) is 9.94. The highest BCUT2D eigenvalue weighted by atomic mass is 35.5. The van der Waals surface area contributed by atoms with E-state index in [1.54, 1.807) is 18.2 Å². The molecule has 5 heteroatoms. The number of nitrogens with zero attached hydrogens (tertiary/aromatic N) is 2. The van der Waals surface area contributed by atoms with E-state index in [-0.39, 0.29) is 0 Å². The van der Waals surface area contributed by atoms with E-state index < -0.39 is 0 Å². The molecule has 0 spiro atoms. The fourth-order valence-corrected chi connectivity index (χ4v) is 1.62. The first kappa shape index (κ1) is 11.5. The lowest BCUT2D eigenvalue weighted by Crippen LogP contribution is -2.00. The van der Waals surface area contributed by atoms with Gasteiger partial charge < -0.3 is 9.84 Å². The predicted octanol–water partition coefficient (Wildman–Crippen LogP) is 3.12. The molecule has 1 aromatic heterocycles. The van der Waals surface area contributed by atoms with Crippen LogP contribution >= 0.6 is 11.6 Å². The van der Waals surface area contributed by atoms with Gasteiger partial charge in [0.2, 0.25) is 0 Å². The van der Waals surface area contributed by atoms with Crippen molar-refractivity contribution in [3.8, 4) is 6.07 Å². The van der Waals surface area contributed by atoms with Gasteiger partial charge in [-0.05, 0) is 25.1 Å². The van der Waals surface area contributed by atoms with Gasteiger partial charge in [-0.1, -0.05) is 16.8 Å². The topological polar surface area (TPSA) is 61.9 Å². The van der Waals surface area contributed by atoms with Gasteiger partial charge in [0.15, 0.2) is 5.76 Å². The molecule has 0 bridgehead atoms.